The molecular formula is C12H22N4O. The molecule has 1 aliphatic heterocycles. The molecule has 2 rings (SSSR count). The number of morpholine rings is 1. The molecule has 0 radical (unpaired) electrons. The summed E-state index contributed by atoms with van der Waals surface area (Å²) in [5.41, 5.74) is 2.32. The Kier molecular flexibility index (Phi) is 4.53. The molecule has 0 bridgehead atoms. The lowest BCUT2D eigenvalue weighted by molar-refractivity contribution is 0.0384. The number of hydrogen-bond donors (Lipinski definition) is 1. The number of aryl methyl sites for hydroxylation is 2. The second-order valence-corrected chi connectivity index (χ2v) is 4.53. The van der Waals surface area contributed by atoms with Gasteiger partial charge < -0.3 is 10.1 Å². The van der Waals surface area contributed by atoms with E-state index in [-0.39, 0.29) is 0 Å². The van der Waals surface area contributed by atoms with Gasteiger partial charge in [-0.05, 0) is 13.0 Å². The maximum atomic E-state index is 5.32. The van der Waals surface area contributed by atoms with Crippen LogP contribution in [0.1, 0.15) is 11.4 Å². The van der Waals surface area contributed by atoms with E-state index in [4.69, 9.17) is 4.74 Å². The highest BCUT2D eigenvalue weighted by atomic mass is 16.5. The minimum atomic E-state index is 0.876. The van der Waals surface area contributed by atoms with E-state index in [2.05, 4.69) is 21.4 Å². The zero-order chi connectivity index (χ0) is 12.1. The van der Waals surface area contributed by atoms with Gasteiger partial charge in [0.1, 0.15) is 0 Å². The number of nitrogens with zero attached hydrogens (tertiary/aromatic N) is 3. The SMILES string of the molecule is Cc1cc(CNCCN2CCOCC2)n(C)n1. The molecule has 2 heterocycles. The summed E-state index contributed by atoms with van der Waals surface area (Å²) in [4.78, 5) is 2.44. The lowest BCUT2D eigenvalue weighted by Gasteiger charge is -2.26. The fourth-order valence-electron chi connectivity index (χ4n) is 2.11. The monoisotopic (exact) mass is 238 g/mol. The molecule has 1 saturated heterocycles. The summed E-state index contributed by atoms with van der Waals surface area (Å²) in [6.45, 7) is 8.91. The summed E-state index contributed by atoms with van der Waals surface area (Å²) in [6, 6.07) is 2.13. The molecule has 1 aliphatic rings. The standard InChI is InChI=1S/C12H22N4O/c1-11-9-12(15(2)14-11)10-13-3-4-16-5-7-17-8-6-16/h9,13H,3-8,10H2,1-2H3. The van der Waals surface area contributed by atoms with Gasteiger partial charge in [-0.3, -0.25) is 9.58 Å². The quantitative estimate of drug-likeness (QED) is 0.742. The molecule has 0 aliphatic carbocycles. The molecule has 5 nitrogen and oxygen atoms in total. The highest BCUT2D eigenvalue weighted by molar-refractivity contribution is 5.08. The van der Waals surface area contributed by atoms with Crippen molar-refractivity contribution >= 4 is 0 Å². The molecule has 1 fully saturated rings. The average molecular weight is 238 g/mol. The Bertz CT molecular complexity index is 344. The molecule has 0 aromatic carbocycles. The summed E-state index contributed by atoms with van der Waals surface area (Å²) in [6.07, 6.45) is 0. The lowest BCUT2D eigenvalue weighted by Crippen LogP contribution is -2.40. The van der Waals surface area contributed by atoms with Crippen LogP contribution < -0.4 is 5.32 Å². The van der Waals surface area contributed by atoms with Gasteiger partial charge in [-0.25, -0.2) is 0 Å². The molecule has 1 N–H and O–H groups in total. The lowest BCUT2D eigenvalue weighted by atomic mass is 10.3. The van der Waals surface area contributed by atoms with Crippen molar-refractivity contribution in [1.82, 2.24) is 20.0 Å². The predicted molar refractivity (Wildman–Crippen MR) is 66.9 cm³/mol. The van der Waals surface area contributed by atoms with Gasteiger partial charge in [0.2, 0.25) is 0 Å². The van der Waals surface area contributed by atoms with Crippen LogP contribution in [0.2, 0.25) is 0 Å². The second kappa shape index (κ2) is 6.14. The maximum Gasteiger partial charge on any atom is 0.0597 e. The van der Waals surface area contributed by atoms with Gasteiger partial charge in [0.25, 0.3) is 0 Å². The number of hydrogen-bond acceptors (Lipinski definition) is 4. The van der Waals surface area contributed by atoms with E-state index in [0.29, 0.717) is 0 Å². The van der Waals surface area contributed by atoms with Gasteiger partial charge >= 0.3 is 0 Å². The van der Waals surface area contributed by atoms with Crippen molar-refractivity contribution < 1.29 is 4.74 Å². The number of ether oxygens (including phenoxy) is 1. The fourth-order valence-corrected chi connectivity index (χ4v) is 2.11. The first-order valence-corrected chi connectivity index (χ1v) is 6.26. The Labute approximate surface area is 103 Å². The van der Waals surface area contributed by atoms with Crippen LogP contribution in [0.3, 0.4) is 0 Å². The van der Waals surface area contributed by atoms with Crippen molar-refractivity contribution in [3.8, 4) is 0 Å². The van der Waals surface area contributed by atoms with Gasteiger partial charge in [0.05, 0.1) is 24.6 Å². The van der Waals surface area contributed by atoms with E-state index >= 15 is 0 Å². The van der Waals surface area contributed by atoms with Crippen LogP contribution in [0.15, 0.2) is 6.07 Å². The highest BCUT2D eigenvalue weighted by Crippen LogP contribution is 2.01. The normalized spacial score (nSPS) is 17.5. The minimum absolute atomic E-state index is 0.876. The van der Waals surface area contributed by atoms with Crippen LogP contribution in [0.4, 0.5) is 0 Å². The molecule has 96 valence electrons. The zero-order valence-corrected chi connectivity index (χ0v) is 10.8. The van der Waals surface area contributed by atoms with Crippen molar-refractivity contribution in [2.75, 3.05) is 39.4 Å². The maximum absolute atomic E-state index is 5.32. The van der Waals surface area contributed by atoms with Gasteiger partial charge in [-0.1, -0.05) is 0 Å². The summed E-state index contributed by atoms with van der Waals surface area (Å²) in [5, 5.41) is 7.79. The Morgan fingerprint density at radius 1 is 1.41 bits per heavy atom. The molecule has 17 heavy (non-hydrogen) atoms. The van der Waals surface area contributed by atoms with E-state index in [1.807, 2.05) is 18.7 Å². The van der Waals surface area contributed by atoms with Gasteiger partial charge in [-0.2, -0.15) is 5.10 Å². The van der Waals surface area contributed by atoms with E-state index in [9.17, 15) is 0 Å². The highest BCUT2D eigenvalue weighted by Gasteiger charge is 2.09. The minimum Gasteiger partial charge on any atom is -0.379 e. The van der Waals surface area contributed by atoms with Crippen LogP contribution in [-0.4, -0.2) is 54.1 Å². The molecule has 0 spiro atoms. The third kappa shape index (κ3) is 3.80. The largest absolute Gasteiger partial charge is 0.379 e. The van der Waals surface area contributed by atoms with Gasteiger partial charge in [0, 0.05) is 39.8 Å². The van der Waals surface area contributed by atoms with Crippen LogP contribution in [0.25, 0.3) is 0 Å². The number of nitrogens with one attached hydrogen (secondary N) is 1. The van der Waals surface area contributed by atoms with E-state index in [1.165, 1.54) is 5.69 Å². The Balaban J connectivity index is 1.64. The number of rotatable bonds is 5. The Morgan fingerprint density at radius 3 is 2.82 bits per heavy atom. The predicted octanol–water partition coefficient (Wildman–Crippen LogP) is 0.150. The smallest absolute Gasteiger partial charge is 0.0597 e. The van der Waals surface area contributed by atoms with Crippen molar-refractivity contribution in [2.24, 2.45) is 7.05 Å². The third-order valence-electron chi connectivity index (χ3n) is 3.11. The van der Waals surface area contributed by atoms with Crippen LogP contribution in [0, 0.1) is 6.92 Å². The summed E-state index contributed by atoms with van der Waals surface area (Å²) < 4.78 is 7.26. The van der Waals surface area contributed by atoms with Crippen molar-refractivity contribution in [2.45, 2.75) is 13.5 Å². The molecule has 5 heteroatoms. The second-order valence-electron chi connectivity index (χ2n) is 4.53. The van der Waals surface area contributed by atoms with E-state index in [1.54, 1.807) is 0 Å². The first-order chi connectivity index (χ1) is 8.25. The molecule has 1 aromatic rings. The molecule has 1 aromatic heterocycles. The van der Waals surface area contributed by atoms with Gasteiger partial charge in [0.15, 0.2) is 0 Å². The molecule has 0 atom stereocenters. The van der Waals surface area contributed by atoms with Crippen LogP contribution >= 0.6 is 0 Å². The first-order valence-electron chi connectivity index (χ1n) is 6.26. The van der Waals surface area contributed by atoms with Crippen LogP contribution in [0.5, 0.6) is 0 Å². The van der Waals surface area contributed by atoms with Crippen molar-refractivity contribution in [3.05, 3.63) is 17.5 Å². The Morgan fingerprint density at radius 2 is 2.18 bits per heavy atom. The molecule has 0 saturated carbocycles. The summed E-state index contributed by atoms with van der Waals surface area (Å²) in [7, 11) is 1.99. The summed E-state index contributed by atoms with van der Waals surface area (Å²) >= 11 is 0. The average Bonchev–Trinajstić information content (AvgIpc) is 2.65. The molecule has 0 amide bonds. The molecular weight excluding hydrogens is 216 g/mol. The van der Waals surface area contributed by atoms with Gasteiger partial charge in [-0.15, -0.1) is 0 Å². The Hall–Kier alpha value is -0.910. The fraction of sp³-hybridized carbons (Fsp3) is 0.750. The first kappa shape index (κ1) is 12.5. The van der Waals surface area contributed by atoms with Crippen molar-refractivity contribution in [3.63, 3.8) is 0 Å². The zero-order valence-electron chi connectivity index (χ0n) is 10.8. The van der Waals surface area contributed by atoms with Crippen molar-refractivity contribution in [1.29, 1.82) is 0 Å². The topological polar surface area (TPSA) is 42.3 Å². The van der Waals surface area contributed by atoms with E-state index < -0.39 is 0 Å². The van der Waals surface area contributed by atoms with Crippen LogP contribution in [-0.2, 0) is 18.3 Å². The summed E-state index contributed by atoms with van der Waals surface area (Å²) in [5.74, 6) is 0. The van der Waals surface area contributed by atoms with E-state index in [0.717, 1.165) is 51.6 Å². The third-order valence-corrected chi connectivity index (χ3v) is 3.11. The number of aromatic nitrogens is 2. The molecule has 0 unspecified atom stereocenters.